The minimum absolute atomic E-state index is 0.124. The Hall–Kier alpha value is -2.99. The lowest BCUT2D eigenvalue weighted by molar-refractivity contribution is 0.209. The van der Waals surface area contributed by atoms with Crippen molar-refractivity contribution >= 4 is 11.0 Å². The van der Waals surface area contributed by atoms with Crippen molar-refractivity contribution in [3.63, 3.8) is 0 Å². The summed E-state index contributed by atoms with van der Waals surface area (Å²) in [4.78, 5) is 15.6. The molecule has 6 heteroatoms. The van der Waals surface area contributed by atoms with E-state index in [4.69, 9.17) is 13.9 Å². The van der Waals surface area contributed by atoms with Crippen LogP contribution in [0.4, 0.5) is 0 Å². The molecule has 6 nitrogen and oxygen atoms in total. The van der Waals surface area contributed by atoms with Crippen molar-refractivity contribution in [2.24, 2.45) is 11.8 Å². The summed E-state index contributed by atoms with van der Waals surface area (Å²) in [5.41, 5.74) is 0.757. The standard InChI is InChI=1S/C26H33NO5/c1-16(2)13-27(14-17(3)4)15-22-23(28)11-10-21-24(29)25(18(5)31-26(21)22)32-20-9-7-8-19(12-20)30-6/h7-12,16-17,28H,13-15H2,1-6H3. The van der Waals surface area contributed by atoms with Crippen molar-refractivity contribution in [2.45, 2.75) is 41.2 Å². The van der Waals surface area contributed by atoms with Crippen molar-refractivity contribution in [1.82, 2.24) is 4.90 Å². The van der Waals surface area contributed by atoms with Crippen LogP contribution < -0.4 is 14.9 Å². The van der Waals surface area contributed by atoms with Gasteiger partial charge in [0, 0.05) is 25.7 Å². The summed E-state index contributed by atoms with van der Waals surface area (Å²) in [6.45, 7) is 12.6. The molecule has 3 rings (SSSR count). The average Bonchev–Trinajstić information content (AvgIpc) is 2.72. The molecule has 0 aliphatic carbocycles. The van der Waals surface area contributed by atoms with Gasteiger partial charge in [-0.2, -0.15) is 0 Å². The number of methoxy groups -OCH3 is 1. The predicted molar refractivity (Wildman–Crippen MR) is 127 cm³/mol. The topological polar surface area (TPSA) is 72.1 Å². The van der Waals surface area contributed by atoms with Crippen LogP contribution in [0, 0.1) is 18.8 Å². The van der Waals surface area contributed by atoms with Gasteiger partial charge in [0.25, 0.3) is 0 Å². The zero-order chi connectivity index (χ0) is 23.4. The van der Waals surface area contributed by atoms with Crippen LogP contribution in [0.15, 0.2) is 45.6 Å². The summed E-state index contributed by atoms with van der Waals surface area (Å²) in [5, 5.41) is 11.0. The lowest BCUT2D eigenvalue weighted by atomic mass is 10.1. The largest absolute Gasteiger partial charge is 0.507 e. The van der Waals surface area contributed by atoms with Gasteiger partial charge in [-0.05, 0) is 43.0 Å². The van der Waals surface area contributed by atoms with Crippen molar-refractivity contribution in [3.05, 3.63) is 57.9 Å². The van der Waals surface area contributed by atoms with E-state index in [1.807, 2.05) is 0 Å². The first-order valence-corrected chi connectivity index (χ1v) is 11.0. The molecule has 2 aromatic carbocycles. The molecule has 3 aromatic rings. The highest BCUT2D eigenvalue weighted by Crippen LogP contribution is 2.32. The number of aromatic hydroxyl groups is 1. The van der Waals surface area contributed by atoms with Crippen LogP contribution >= 0.6 is 0 Å². The Labute approximate surface area is 189 Å². The lowest BCUT2D eigenvalue weighted by Gasteiger charge is -2.26. The van der Waals surface area contributed by atoms with E-state index in [2.05, 4.69) is 32.6 Å². The van der Waals surface area contributed by atoms with Gasteiger partial charge < -0.3 is 19.0 Å². The number of benzene rings is 2. The summed E-state index contributed by atoms with van der Waals surface area (Å²) in [6.07, 6.45) is 0. The molecule has 0 saturated carbocycles. The van der Waals surface area contributed by atoms with Crippen LogP contribution in [0.3, 0.4) is 0 Å². The first kappa shape index (κ1) is 23.7. The normalized spacial score (nSPS) is 11.7. The van der Waals surface area contributed by atoms with E-state index in [1.165, 1.54) is 0 Å². The molecule has 0 atom stereocenters. The van der Waals surface area contributed by atoms with Gasteiger partial charge in [-0.3, -0.25) is 9.69 Å². The van der Waals surface area contributed by atoms with Gasteiger partial charge >= 0.3 is 0 Å². The number of fused-ring (bicyclic) bond motifs is 1. The maximum absolute atomic E-state index is 13.3. The van der Waals surface area contributed by atoms with Gasteiger partial charge in [0.1, 0.15) is 28.6 Å². The SMILES string of the molecule is COc1cccc(Oc2c(C)oc3c(CN(CC(C)C)CC(C)C)c(O)ccc3c2=O)c1. The molecular formula is C26H33NO5. The molecule has 172 valence electrons. The van der Waals surface area contributed by atoms with E-state index in [-0.39, 0.29) is 16.9 Å². The molecule has 0 fully saturated rings. The van der Waals surface area contributed by atoms with Crippen LogP contribution in [0.1, 0.15) is 39.0 Å². The Morgan fingerprint density at radius 1 is 1.03 bits per heavy atom. The molecule has 32 heavy (non-hydrogen) atoms. The minimum atomic E-state index is -0.271. The fourth-order valence-electron chi connectivity index (χ4n) is 3.91. The monoisotopic (exact) mass is 439 g/mol. The second kappa shape index (κ2) is 10.1. The predicted octanol–water partition coefficient (Wildman–Crippen LogP) is 5.72. The van der Waals surface area contributed by atoms with E-state index >= 15 is 0 Å². The average molecular weight is 440 g/mol. The molecule has 0 radical (unpaired) electrons. The quantitative estimate of drug-likeness (QED) is 0.460. The number of phenolic OH excluding ortho intramolecular Hbond substituents is 1. The molecule has 0 unspecified atom stereocenters. The maximum Gasteiger partial charge on any atom is 0.235 e. The van der Waals surface area contributed by atoms with E-state index in [1.54, 1.807) is 50.4 Å². The number of hydrogen-bond donors (Lipinski definition) is 1. The number of aryl methyl sites for hydroxylation is 1. The van der Waals surface area contributed by atoms with Crippen LogP contribution in [-0.2, 0) is 6.54 Å². The second-order valence-corrected chi connectivity index (χ2v) is 9.02. The van der Waals surface area contributed by atoms with E-state index < -0.39 is 0 Å². The fraction of sp³-hybridized carbons (Fsp3) is 0.423. The van der Waals surface area contributed by atoms with Gasteiger partial charge in [-0.1, -0.05) is 33.8 Å². The Balaban J connectivity index is 2.05. The zero-order valence-electron chi connectivity index (χ0n) is 19.8. The Bertz CT molecular complexity index is 1120. The molecule has 0 saturated heterocycles. The number of nitrogens with zero attached hydrogens (tertiary/aromatic N) is 1. The lowest BCUT2D eigenvalue weighted by Crippen LogP contribution is -2.31. The van der Waals surface area contributed by atoms with Crippen LogP contribution in [0.5, 0.6) is 23.0 Å². The van der Waals surface area contributed by atoms with Gasteiger partial charge in [0.05, 0.1) is 18.1 Å². The summed E-state index contributed by atoms with van der Waals surface area (Å²) < 4.78 is 17.2. The first-order valence-electron chi connectivity index (χ1n) is 11.0. The van der Waals surface area contributed by atoms with Crippen LogP contribution in [-0.4, -0.2) is 30.2 Å². The highest BCUT2D eigenvalue weighted by molar-refractivity contribution is 5.83. The fourth-order valence-corrected chi connectivity index (χ4v) is 3.91. The van der Waals surface area contributed by atoms with Gasteiger partial charge in [-0.25, -0.2) is 0 Å². The Morgan fingerprint density at radius 3 is 2.31 bits per heavy atom. The van der Waals surface area contributed by atoms with Crippen LogP contribution in [0.2, 0.25) is 0 Å². The number of phenols is 1. The molecule has 1 N–H and O–H groups in total. The van der Waals surface area contributed by atoms with Crippen molar-refractivity contribution in [2.75, 3.05) is 20.2 Å². The third-order valence-electron chi connectivity index (χ3n) is 5.15. The third kappa shape index (κ3) is 5.43. The third-order valence-corrected chi connectivity index (χ3v) is 5.15. The molecule has 0 amide bonds. The molecule has 0 spiro atoms. The smallest absolute Gasteiger partial charge is 0.235 e. The molecule has 0 aliphatic heterocycles. The minimum Gasteiger partial charge on any atom is -0.507 e. The molecule has 1 aromatic heterocycles. The Kier molecular flexibility index (Phi) is 7.46. The van der Waals surface area contributed by atoms with Crippen molar-refractivity contribution in [1.29, 1.82) is 0 Å². The highest BCUT2D eigenvalue weighted by atomic mass is 16.5. The molecule has 0 bridgehead atoms. The van der Waals surface area contributed by atoms with Gasteiger partial charge in [-0.15, -0.1) is 0 Å². The van der Waals surface area contributed by atoms with Crippen LogP contribution in [0.25, 0.3) is 11.0 Å². The van der Waals surface area contributed by atoms with E-state index in [0.717, 1.165) is 13.1 Å². The number of ether oxygens (including phenoxy) is 2. The molecular weight excluding hydrogens is 406 g/mol. The van der Waals surface area contributed by atoms with Crippen molar-refractivity contribution in [3.8, 4) is 23.0 Å². The van der Waals surface area contributed by atoms with E-state index in [9.17, 15) is 9.90 Å². The second-order valence-electron chi connectivity index (χ2n) is 9.02. The zero-order valence-corrected chi connectivity index (χ0v) is 19.8. The van der Waals surface area contributed by atoms with Gasteiger partial charge in [0.15, 0.2) is 0 Å². The summed E-state index contributed by atoms with van der Waals surface area (Å²) >= 11 is 0. The first-order chi connectivity index (χ1) is 15.2. The Morgan fingerprint density at radius 2 is 1.69 bits per heavy atom. The summed E-state index contributed by atoms with van der Waals surface area (Å²) in [7, 11) is 1.57. The highest BCUT2D eigenvalue weighted by Gasteiger charge is 2.21. The molecule has 0 aliphatic rings. The van der Waals surface area contributed by atoms with E-state index in [0.29, 0.717) is 52.2 Å². The molecule has 1 heterocycles. The number of rotatable bonds is 9. The maximum atomic E-state index is 13.3. The number of hydrogen-bond acceptors (Lipinski definition) is 6. The van der Waals surface area contributed by atoms with Crippen molar-refractivity contribution < 1.29 is 19.0 Å². The van der Waals surface area contributed by atoms with Gasteiger partial charge in [0.2, 0.25) is 11.2 Å². The summed E-state index contributed by atoms with van der Waals surface area (Å²) in [6, 6.07) is 10.2. The summed E-state index contributed by atoms with van der Waals surface area (Å²) in [5.74, 6) is 2.68.